The van der Waals surface area contributed by atoms with Gasteiger partial charge in [0, 0.05) is 36.8 Å². The molecule has 0 unspecified atom stereocenters. The van der Waals surface area contributed by atoms with E-state index in [0.717, 1.165) is 17.0 Å². The fourth-order valence-electron chi connectivity index (χ4n) is 2.60. The summed E-state index contributed by atoms with van der Waals surface area (Å²) in [5.74, 6) is 0.820. The van der Waals surface area contributed by atoms with Gasteiger partial charge in [-0.05, 0) is 58.0 Å². The highest BCUT2D eigenvalue weighted by molar-refractivity contribution is 6.03. The number of amides is 3. The van der Waals surface area contributed by atoms with Crippen LogP contribution in [0, 0.1) is 13.8 Å². The van der Waals surface area contributed by atoms with Crippen LogP contribution in [0.3, 0.4) is 0 Å². The van der Waals surface area contributed by atoms with Crippen LogP contribution in [0.25, 0.3) is 11.3 Å². The second kappa shape index (κ2) is 9.52. The van der Waals surface area contributed by atoms with Gasteiger partial charge < -0.3 is 9.47 Å². The molecule has 0 saturated carbocycles. The van der Waals surface area contributed by atoms with Crippen molar-refractivity contribution in [1.29, 1.82) is 0 Å². The lowest BCUT2D eigenvalue weighted by Crippen LogP contribution is -2.47. The van der Waals surface area contributed by atoms with E-state index in [0.29, 0.717) is 17.2 Å². The monoisotopic (exact) mass is 435 g/mol. The van der Waals surface area contributed by atoms with Gasteiger partial charge in [0.2, 0.25) is 0 Å². The van der Waals surface area contributed by atoms with E-state index in [1.807, 2.05) is 25.1 Å². The molecule has 0 fully saturated rings. The number of nitrogens with one attached hydrogen (secondary N) is 2. The zero-order valence-corrected chi connectivity index (χ0v) is 18.6. The molecular formula is C23H25N5O4. The standard InChI is InChI=1S/C23H25N5O4/c1-14-6-7-16(13-25-14)18-12-17(10-11-24-18)32-19-8-9-20(26-15(19)2)27-22(30)28-21(29)23(3,4)31-5/h6-13H,1-5H3,(H2,26,27,28,29,30). The van der Waals surface area contributed by atoms with Crippen LogP contribution in [0.4, 0.5) is 10.6 Å². The average molecular weight is 435 g/mol. The smallest absolute Gasteiger partial charge is 0.327 e. The van der Waals surface area contributed by atoms with E-state index in [4.69, 9.17) is 9.47 Å². The van der Waals surface area contributed by atoms with Gasteiger partial charge in [0.05, 0.1) is 11.4 Å². The van der Waals surface area contributed by atoms with Gasteiger partial charge in [0.25, 0.3) is 5.91 Å². The minimum absolute atomic E-state index is 0.275. The van der Waals surface area contributed by atoms with Crippen LogP contribution in [-0.4, -0.2) is 39.6 Å². The molecule has 3 rings (SSSR count). The number of aryl methyl sites for hydroxylation is 2. The van der Waals surface area contributed by atoms with Gasteiger partial charge in [0.1, 0.15) is 22.9 Å². The van der Waals surface area contributed by atoms with Crippen molar-refractivity contribution in [2.45, 2.75) is 33.3 Å². The molecule has 2 N–H and O–H groups in total. The van der Waals surface area contributed by atoms with Crippen molar-refractivity contribution in [3.63, 3.8) is 0 Å². The Morgan fingerprint density at radius 1 is 1.03 bits per heavy atom. The van der Waals surface area contributed by atoms with Crippen molar-refractivity contribution >= 4 is 17.8 Å². The number of carbonyl (C=O) groups excluding carboxylic acids is 2. The summed E-state index contributed by atoms with van der Waals surface area (Å²) in [6.45, 7) is 6.80. The molecule has 0 aliphatic carbocycles. The predicted octanol–water partition coefficient (Wildman–Crippen LogP) is 4.02. The largest absolute Gasteiger partial charge is 0.455 e. The van der Waals surface area contributed by atoms with Crippen molar-refractivity contribution in [2.24, 2.45) is 0 Å². The fraction of sp³-hybridized carbons (Fsp3) is 0.261. The average Bonchev–Trinajstić information content (AvgIpc) is 2.76. The molecule has 0 atom stereocenters. The number of ether oxygens (including phenoxy) is 2. The van der Waals surface area contributed by atoms with Crippen molar-refractivity contribution in [1.82, 2.24) is 20.3 Å². The molecular weight excluding hydrogens is 410 g/mol. The lowest BCUT2D eigenvalue weighted by molar-refractivity contribution is -0.138. The molecule has 0 radical (unpaired) electrons. The first-order chi connectivity index (χ1) is 15.2. The number of anilines is 1. The van der Waals surface area contributed by atoms with E-state index in [1.165, 1.54) is 7.11 Å². The minimum atomic E-state index is -1.13. The minimum Gasteiger partial charge on any atom is -0.455 e. The maximum Gasteiger partial charge on any atom is 0.327 e. The number of nitrogens with zero attached hydrogens (tertiary/aromatic N) is 3. The molecule has 3 aromatic rings. The number of carbonyl (C=O) groups is 2. The highest BCUT2D eigenvalue weighted by Gasteiger charge is 2.28. The van der Waals surface area contributed by atoms with E-state index < -0.39 is 17.5 Å². The van der Waals surface area contributed by atoms with E-state index in [-0.39, 0.29) is 5.82 Å². The van der Waals surface area contributed by atoms with Crippen LogP contribution >= 0.6 is 0 Å². The van der Waals surface area contributed by atoms with Crippen molar-refractivity contribution in [3.8, 4) is 22.8 Å². The Morgan fingerprint density at radius 3 is 2.47 bits per heavy atom. The van der Waals surface area contributed by atoms with Gasteiger partial charge >= 0.3 is 6.03 Å². The third kappa shape index (κ3) is 5.64. The summed E-state index contributed by atoms with van der Waals surface area (Å²) in [5.41, 5.74) is 1.97. The van der Waals surface area contributed by atoms with E-state index in [2.05, 4.69) is 25.6 Å². The molecule has 166 valence electrons. The number of urea groups is 1. The van der Waals surface area contributed by atoms with Crippen LogP contribution in [-0.2, 0) is 9.53 Å². The number of rotatable bonds is 6. The number of methoxy groups -OCH3 is 1. The molecule has 3 amide bonds. The highest BCUT2D eigenvalue weighted by Crippen LogP contribution is 2.27. The SMILES string of the molecule is COC(C)(C)C(=O)NC(=O)Nc1ccc(Oc2ccnc(-c3ccc(C)nc3)c2)c(C)n1. The third-order valence-corrected chi connectivity index (χ3v) is 4.73. The summed E-state index contributed by atoms with van der Waals surface area (Å²) < 4.78 is 11.0. The van der Waals surface area contributed by atoms with Crippen molar-refractivity contribution < 1.29 is 19.1 Å². The topological polar surface area (TPSA) is 115 Å². The summed E-state index contributed by atoms with van der Waals surface area (Å²) in [4.78, 5) is 37.1. The van der Waals surface area contributed by atoms with Crippen LogP contribution in [0.5, 0.6) is 11.5 Å². The first-order valence-corrected chi connectivity index (χ1v) is 9.90. The molecule has 0 aliphatic rings. The lowest BCUT2D eigenvalue weighted by atomic mass is 10.1. The molecule has 3 aromatic heterocycles. The van der Waals surface area contributed by atoms with Crippen LogP contribution in [0.1, 0.15) is 25.2 Å². The van der Waals surface area contributed by atoms with E-state index in [1.54, 1.807) is 51.4 Å². The Bertz CT molecular complexity index is 1130. The number of pyridine rings is 3. The van der Waals surface area contributed by atoms with E-state index in [9.17, 15) is 9.59 Å². The quantitative estimate of drug-likeness (QED) is 0.601. The predicted molar refractivity (Wildman–Crippen MR) is 120 cm³/mol. The van der Waals surface area contributed by atoms with Crippen LogP contribution in [0.15, 0.2) is 48.8 Å². The first kappa shape index (κ1) is 22.8. The molecule has 9 nitrogen and oxygen atoms in total. The first-order valence-electron chi connectivity index (χ1n) is 9.90. The number of hydrogen-bond donors (Lipinski definition) is 2. The Morgan fingerprint density at radius 2 is 1.81 bits per heavy atom. The molecule has 0 saturated heterocycles. The molecule has 0 bridgehead atoms. The third-order valence-electron chi connectivity index (χ3n) is 4.73. The number of imide groups is 1. The highest BCUT2D eigenvalue weighted by atomic mass is 16.5. The Balaban J connectivity index is 1.68. The molecule has 0 aliphatic heterocycles. The van der Waals surface area contributed by atoms with Gasteiger partial charge in [-0.2, -0.15) is 0 Å². The second-order valence-corrected chi connectivity index (χ2v) is 7.57. The van der Waals surface area contributed by atoms with Crippen molar-refractivity contribution in [2.75, 3.05) is 12.4 Å². The zero-order valence-electron chi connectivity index (χ0n) is 18.6. The molecule has 0 spiro atoms. The molecule has 9 heteroatoms. The lowest BCUT2D eigenvalue weighted by Gasteiger charge is -2.21. The van der Waals surface area contributed by atoms with Gasteiger partial charge in [-0.1, -0.05) is 0 Å². The summed E-state index contributed by atoms with van der Waals surface area (Å²) in [5, 5.41) is 4.75. The molecule has 3 heterocycles. The summed E-state index contributed by atoms with van der Waals surface area (Å²) in [7, 11) is 1.39. The maximum absolute atomic E-state index is 12.1. The molecule has 32 heavy (non-hydrogen) atoms. The van der Waals surface area contributed by atoms with Crippen LogP contribution < -0.4 is 15.4 Å². The fourth-order valence-corrected chi connectivity index (χ4v) is 2.60. The maximum atomic E-state index is 12.1. The Labute approximate surface area is 186 Å². The normalized spacial score (nSPS) is 11.0. The molecule has 0 aromatic carbocycles. The van der Waals surface area contributed by atoms with Crippen LogP contribution in [0.2, 0.25) is 0 Å². The Hall–Kier alpha value is -3.85. The number of hydrogen-bond acceptors (Lipinski definition) is 7. The summed E-state index contributed by atoms with van der Waals surface area (Å²) in [6.07, 6.45) is 3.42. The van der Waals surface area contributed by atoms with Gasteiger partial charge in [-0.15, -0.1) is 0 Å². The van der Waals surface area contributed by atoms with Gasteiger partial charge in [0.15, 0.2) is 0 Å². The van der Waals surface area contributed by atoms with Gasteiger partial charge in [-0.3, -0.25) is 25.4 Å². The zero-order chi connectivity index (χ0) is 23.3. The summed E-state index contributed by atoms with van der Waals surface area (Å²) >= 11 is 0. The van der Waals surface area contributed by atoms with Gasteiger partial charge in [-0.25, -0.2) is 9.78 Å². The van der Waals surface area contributed by atoms with Crippen molar-refractivity contribution in [3.05, 3.63) is 60.2 Å². The number of aromatic nitrogens is 3. The Kier molecular flexibility index (Phi) is 6.79. The second-order valence-electron chi connectivity index (χ2n) is 7.57. The summed E-state index contributed by atoms with van der Waals surface area (Å²) in [6, 6.07) is 10.00. The van der Waals surface area contributed by atoms with E-state index >= 15 is 0 Å².